The molecule has 3 rings (SSSR count). The van der Waals surface area contributed by atoms with E-state index in [0.29, 0.717) is 16.3 Å². The van der Waals surface area contributed by atoms with Gasteiger partial charge in [-0.25, -0.2) is 0 Å². The molecule has 0 saturated heterocycles. The highest BCUT2D eigenvalue weighted by Gasteiger charge is 2.41. The van der Waals surface area contributed by atoms with Crippen molar-refractivity contribution in [2.24, 2.45) is 5.10 Å². The summed E-state index contributed by atoms with van der Waals surface area (Å²) in [4.78, 5) is 12.6. The summed E-state index contributed by atoms with van der Waals surface area (Å²) < 4.78 is 0. The Morgan fingerprint density at radius 1 is 1.18 bits per heavy atom. The number of hydrazone groups is 1. The molecule has 0 aliphatic carbocycles. The highest BCUT2D eigenvalue weighted by molar-refractivity contribution is 6.33. The number of carbonyl (C=O) groups excluding carboxylic acids is 1. The molecular weight excluding hydrogens is 300 g/mol. The smallest absolute Gasteiger partial charge is 0.278 e. The number of amides is 1. The first-order chi connectivity index (χ1) is 10.5. The Labute approximate surface area is 133 Å². The van der Waals surface area contributed by atoms with Crippen molar-refractivity contribution in [3.63, 3.8) is 0 Å². The second-order valence-corrected chi connectivity index (χ2v) is 5.81. The van der Waals surface area contributed by atoms with Gasteiger partial charge in [-0.2, -0.15) is 10.1 Å². The van der Waals surface area contributed by atoms with E-state index in [4.69, 9.17) is 11.6 Å². The number of halogens is 1. The van der Waals surface area contributed by atoms with Gasteiger partial charge in [0.2, 0.25) is 0 Å². The van der Waals surface area contributed by atoms with Crippen molar-refractivity contribution in [3.05, 3.63) is 70.7 Å². The number of nitrogens with zero attached hydrogens (tertiary/aromatic N) is 2. The maximum Gasteiger partial charge on any atom is 0.278 e. The summed E-state index contributed by atoms with van der Waals surface area (Å²) in [5.41, 5.74) is 0.507. The largest absolute Gasteiger partial charge is 0.369 e. The molecule has 1 unspecified atom stereocenters. The molecular formula is C17H15ClN2O2. The molecule has 1 amide bonds. The fraction of sp³-hybridized carbons (Fsp3) is 0.176. The van der Waals surface area contributed by atoms with Crippen LogP contribution in [0.2, 0.25) is 5.02 Å². The molecule has 5 heteroatoms. The second-order valence-electron chi connectivity index (χ2n) is 5.40. The van der Waals surface area contributed by atoms with Gasteiger partial charge in [0.25, 0.3) is 5.91 Å². The lowest BCUT2D eigenvalue weighted by Gasteiger charge is -2.27. The first-order valence-corrected chi connectivity index (χ1v) is 7.31. The van der Waals surface area contributed by atoms with Crippen LogP contribution in [0.1, 0.15) is 29.3 Å². The second kappa shape index (κ2) is 5.55. The lowest BCUT2D eigenvalue weighted by atomic mass is 10.0. The van der Waals surface area contributed by atoms with Gasteiger partial charge in [0, 0.05) is 6.42 Å². The molecule has 2 aromatic carbocycles. The molecule has 1 N–H and O–H groups in total. The van der Waals surface area contributed by atoms with Crippen LogP contribution in [0.4, 0.5) is 0 Å². The molecule has 4 nitrogen and oxygen atoms in total. The van der Waals surface area contributed by atoms with E-state index < -0.39 is 11.6 Å². The summed E-state index contributed by atoms with van der Waals surface area (Å²) in [6.07, 6.45) is 0.271. The highest BCUT2D eigenvalue weighted by atomic mass is 35.5. The number of hydrogen-bond donors (Lipinski definition) is 1. The van der Waals surface area contributed by atoms with E-state index in [1.807, 2.05) is 30.3 Å². The molecule has 22 heavy (non-hydrogen) atoms. The van der Waals surface area contributed by atoms with Crippen LogP contribution in [0.3, 0.4) is 0 Å². The Kier molecular flexibility index (Phi) is 3.72. The van der Waals surface area contributed by atoms with Crippen molar-refractivity contribution in [1.82, 2.24) is 5.01 Å². The Bertz CT molecular complexity index is 741. The van der Waals surface area contributed by atoms with Gasteiger partial charge in [-0.05, 0) is 24.6 Å². The monoisotopic (exact) mass is 314 g/mol. The predicted octanol–water partition coefficient (Wildman–Crippen LogP) is 3.30. The third-order valence-corrected chi connectivity index (χ3v) is 3.91. The molecule has 0 aromatic heterocycles. The summed E-state index contributed by atoms with van der Waals surface area (Å²) >= 11 is 6.07. The van der Waals surface area contributed by atoms with E-state index in [1.165, 1.54) is 0 Å². The molecule has 0 saturated carbocycles. The van der Waals surface area contributed by atoms with Crippen molar-refractivity contribution in [2.75, 3.05) is 0 Å². The van der Waals surface area contributed by atoms with Crippen LogP contribution in [-0.2, 0) is 0 Å². The van der Waals surface area contributed by atoms with Crippen molar-refractivity contribution in [3.8, 4) is 0 Å². The van der Waals surface area contributed by atoms with Crippen LogP contribution < -0.4 is 0 Å². The minimum atomic E-state index is -1.37. The number of benzene rings is 2. The van der Waals surface area contributed by atoms with Crippen molar-refractivity contribution in [2.45, 2.75) is 19.1 Å². The SMILES string of the molecule is CC1(O)CC(c2ccccc2)=NN1C(=O)c1ccccc1Cl. The van der Waals surface area contributed by atoms with Crippen LogP contribution in [0.25, 0.3) is 0 Å². The van der Waals surface area contributed by atoms with Gasteiger partial charge in [0.05, 0.1) is 16.3 Å². The van der Waals surface area contributed by atoms with Crippen molar-refractivity contribution < 1.29 is 9.90 Å². The van der Waals surface area contributed by atoms with E-state index in [1.54, 1.807) is 31.2 Å². The van der Waals surface area contributed by atoms with Crippen LogP contribution in [0.5, 0.6) is 0 Å². The maximum absolute atomic E-state index is 12.6. The minimum absolute atomic E-state index is 0.271. The summed E-state index contributed by atoms with van der Waals surface area (Å²) in [6, 6.07) is 16.2. The summed E-state index contributed by atoms with van der Waals surface area (Å²) in [5, 5.41) is 16.3. The Morgan fingerprint density at radius 2 is 1.82 bits per heavy atom. The van der Waals surface area contributed by atoms with E-state index in [-0.39, 0.29) is 6.42 Å². The van der Waals surface area contributed by atoms with Gasteiger partial charge in [0.1, 0.15) is 0 Å². The van der Waals surface area contributed by atoms with Crippen molar-refractivity contribution in [1.29, 1.82) is 0 Å². The summed E-state index contributed by atoms with van der Waals surface area (Å²) in [7, 11) is 0. The van der Waals surface area contributed by atoms with Crippen LogP contribution >= 0.6 is 11.6 Å². The molecule has 0 radical (unpaired) electrons. The number of carbonyl (C=O) groups is 1. The van der Waals surface area contributed by atoms with Gasteiger partial charge >= 0.3 is 0 Å². The van der Waals surface area contributed by atoms with Gasteiger partial charge in [0.15, 0.2) is 5.72 Å². The lowest BCUT2D eigenvalue weighted by molar-refractivity contribution is -0.0553. The standard InChI is InChI=1S/C17H15ClN2O2/c1-17(22)11-15(12-7-3-2-4-8-12)19-20(17)16(21)13-9-5-6-10-14(13)18/h2-10,22H,11H2,1H3. The number of hydrogen-bond acceptors (Lipinski definition) is 3. The molecule has 0 spiro atoms. The summed E-state index contributed by atoms with van der Waals surface area (Å²) in [5.74, 6) is -0.415. The van der Waals surface area contributed by atoms with Crippen LogP contribution in [0.15, 0.2) is 59.7 Å². The minimum Gasteiger partial charge on any atom is -0.369 e. The van der Waals surface area contributed by atoms with Crippen LogP contribution in [-0.4, -0.2) is 27.5 Å². The zero-order chi connectivity index (χ0) is 15.7. The zero-order valence-corrected chi connectivity index (χ0v) is 12.8. The van der Waals surface area contributed by atoms with Crippen LogP contribution in [0, 0.1) is 0 Å². The van der Waals surface area contributed by atoms with E-state index in [0.717, 1.165) is 10.6 Å². The number of aliphatic hydroxyl groups is 1. The molecule has 0 bridgehead atoms. The fourth-order valence-electron chi connectivity index (χ4n) is 2.46. The van der Waals surface area contributed by atoms with Gasteiger partial charge in [-0.1, -0.05) is 54.1 Å². The van der Waals surface area contributed by atoms with E-state index in [9.17, 15) is 9.90 Å². The Balaban J connectivity index is 1.97. The van der Waals surface area contributed by atoms with Gasteiger partial charge < -0.3 is 5.11 Å². The lowest BCUT2D eigenvalue weighted by Crippen LogP contribution is -2.43. The molecule has 1 atom stereocenters. The average Bonchev–Trinajstić information content (AvgIpc) is 2.84. The summed E-state index contributed by atoms with van der Waals surface area (Å²) in [6.45, 7) is 1.57. The number of rotatable bonds is 2. The fourth-order valence-corrected chi connectivity index (χ4v) is 2.68. The molecule has 0 fully saturated rings. The topological polar surface area (TPSA) is 52.9 Å². The van der Waals surface area contributed by atoms with Crippen molar-refractivity contribution >= 4 is 23.2 Å². The third-order valence-electron chi connectivity index (χ3n) is 3.58. The van der Waals surface area contributed by atoms with E-state index in [2.05, 4.69) is 5.10 Å². The quantitative estimate of drug-likeness (QED) is 0.924. The third kappa shape index (κ3) is 2.63. The normalized spacial score (nSPS) is 20.9. The van der Waals surface area contributed by atoms with E-state index >= 15 is 0 Å². The maximum atomic E-state index is 12.6. The highest BCUT2D eigenvalue weighted by Crippen LogP contribution is 2.30. The predicted molar refractivity (Wildman–Crippen MR) is 85.8 cm³/mol. The molecule has 1 heterocycles. The molecule has 1 aliphatic heterocycles. The molecule has 112 valence electrons. The van der Waals surface area contributed by atoms with Gasteiger partial charge in [-0.15, -0.1) is 0 Å². The average molecular weight is 315 g/mol. The zero-order valence-electron chi connectivity index (χ0n) is 12.0. The van der Waals surface area contributed by atoms with Gasteiger partial charge in [-0.3, -0.25) is 4.79 Å². The Hall–Kier alpha value is -2.17. The first kappa shape index (κ1) is 14.8. The Morgan fingerprint density at radius 3 is 2.50 bits per heavy atom. The molecule has 2 aromatic rings. The molecule has 1 aliphatic rings. The first-order valence-electron chi connectivity index (χ1n) is 6.93.